The lowest BCUT2D eigenvalue weighted by Crippen LogP contribution is -2.50. The number of piperazine rings is 1. The molecule has 1 aromatic carbocycles. The number of methoxy groups -OCH3 is 1. The molecule has 0 saturated carbocycles. The van der Waals surface area contributed by atoms with Gasteiger partial charge in [-0.15, -0.1) is 0 Å². The molecule has 9 nitrogen and oxygen atoms in total. The lowest BCUT2D eigenvalue weighted by Gasteiger charge is -2.34. The smallest absolute Gasteiger partial charge is 0.315 e. The number of hydrogen-bond donors (Lipinski definition) is 3. The Hall–Kier alpha value is -3.98. The molecule has 3 aromatic heterocycles. The number of nitrogens with zero attached hydrogens (tertiary/aromatic N) is 4. The molecule has 178 valence electrons. The molecule has 4 heterocycles. The number of carbonyl (C=O) groups is 1. The lowest BCUT2D eigenvalue weighted by atomic mass is 9.99. The van der Waals surface area contributed by atoms with Crippen molar-refractivity contribution in [2.75, 3.05) is 26.7 Å². The maximum absolute atomic E-state index is 11.9. The van der Waals surface area contributed by atoms with Gasteiger partial charge >= 0.3 is 6.03 Å². The molecule has 0 bridgehead atoms. The van der Waals surface area contributed by atoms with Crippen LogP contribution in [0.2, 0.25) is 0 Å². The van der Waals surface area contributed by atoms with Crippen molar-refractivity contribution in [1.29, 1.82) is 0 Å². The number of nitrogens with one attached hydrogen (secondary N) is 2. The van der Waals surface area contributed by atoms with Crippen LogP contribution in [0, 0.1) is 0 Å². The van der Waals surface area contributed by atoms with E-state index in [1.54, 1.807) is 18.2 Å². The Bertz CT molecular complexity index is 1410. The van der Waals surface area contributed by atoms with E-state index in [9.17, 15) is 4.79 Å². The number of amides is 2. The highest BCUT2D eigenvalue weighted by Crippen LogP contribution is 2.38. The Morgan fingerprint density at radius 1 is 1.20 bits per heavy atom. The number of benzene rings is 1. The number of aromatic nitrogens is 4. The lowest BCUT2D eigenvalue weighted by molar-refractivity contribution is 0.165. The molecule has 4 aromatic rings. The van der Waals surface area contributed by atoms with Crippen LogP contribution in [0.1, 0.15) is 29.3 Å². The normalized spacial score (nSPS) is 17.5. The molecule has 0 spiro atoms. The molecular weight excluding hydrogens is 442 g/mol. The van der Waals surface area contributed by atoms with Crippen LogP contribution < -0.4 is 15.8 Å². The molecule has 1 saturated heterocycles. The summed E-state index contributed by atoms with van der Waals surface area (Å²) >= 11 is 0. The first-order chi connectivity index (χ1) is 17.1. The number of urea groups is 1. The van der Waals surface area contributed by atoms with E-state index in [2.05, 4.69) is 38.7 Å². The van der Waals surface area contributed by atoms with Crippen molar-refractivity contribution in [1.82, 2.24) is 30.4 Å². The van der Waals surface area contributed by atoms with Crippen molar-refractivity contribution in [2.45, 2.75) is 25.3 Å². The molecule has 0 radical (unpaired) electrons. The van der Waals surface area contributed by atoms with Gasteiger partial charge in [-0.1, -0.05) is 18.2 Å². The number of aromatic amines is 1. The Balaban J connectivity index is 1.40. The summed E-state index contributed by atoms with van der Waals surface area (Å²) in [7, 11) is 1.67. The number of primary amides is 1. The molecule has 35 heavy (non-hydrogen) atoms. The van der Waals surface area contributed by atoms with Crippen molar-refractivity contribution in [3.8, 4) is 28.3 Å². The monoisotopic (exact) mass is 469 g/mol. The van der Waals surface area contributed by atoms with Crippen LogP contribution in [0.4, 0.5) is 4.79 Å². The number of H-pyrrole nitrogens is 1. The third-order valence-electron chi connectivity index (χ3n) is 7.05. The molecule has 2 aliphatic rings. The first-order valence-electron chi connectivity index (χ1n) is 11.9. The van der Waals surface area contributed by atoms with Gasteiger partial charge < -0.3 is 20.7 Å². The number of carbonyl (C=O) groups excluding carboxylic acids is 1. The van der Waals surface area contributed by atoms with E-state index in [-0.39, 0.29) is 6.04 Å². The van der Waals surface area contributed by atoms with Crippen molar-refractivity contribution in [3.63, 3.8) is 0 Å². The van der Waals surface area contributed by atoms with Gasteiger partial charge in [0.1, 0.15) is 22.7 Å². The predicted molar refractivity (Wildman–Crippen MR) is 133 cm³/mol. The topological polar surface area (TPSA) is 122 Å². The standard InChI is InChI=1S/C26H27N7O2/c1-35-22-12-20-25(30-24(22)18-7-3-5-15-4-2-6-17(15)18)23(32-31-20)16-8-9-19(29-13-16)21-14-28-10-11-33(21)26(27)34/h3,5,7-9,12-13,21,28H,2,4,6,10-11,14H2,1H3,(H2,27,34)(H,31,32). The number of pyridine rings is 2. The fourth-order valence-corrected chi connectivity index (χ4v) is 5.30. The van der Waals surface area contributed by atoms with Gasteiger partial charge in [0, 0.05) is 43.0 Å². The Morgan fingerprint density at radius 2 is 2.11 bits per heavy atom. The van der Waals surface area contributed by atoms with Gasteiger partial charge in [-0.05, 0) is 42.5 Å². The minimum absolute atomic E-state index is 0.194. The van der Waals surface area contributed by atoms with Crippen LogP contribution >= 0.6 is 0 Å². The molecular formula is C26H27N7O2. The number of aryl methyl sites for hydroxylation is 1. The predicted octanol–water partition coefficient (Wildman–Crippen LogP) is 3.21. The van der Waals surface area contributed by atoms with Gasteiger partial charge in [-0.25, -0.2) is 9.78 Å². The van der Waals surface area contributed by atoms with Crippen LogP contribution in [0.5, 0.6) is 5.75 Å². The first kappa shape index (κ1) is 21.5. The highest BCUT2D eigenvalue weighted by Gasteiger charge is 2.27. The van der Waals surface area contributed by atoms with Crippen LogP contribution in [-0.2, 0) is 12.8 Å². The van der Waals surface area contributed by atoms with E-state index in [0.717, 1.165) is 70.8 Å². The summed E-state index contributed by atoms with van der Waals surface area (Å²) in [6, 6.07) is 11.7. The van der Waals surface area contributed by atoms with E-state index in [4.69, 9.17) is 15.5 Å². The van der Waals surface area contributed by atoms with Crippen molar-refractivity contribution in [2.24, 2.45) is 5.73 Å². The molecule has 6 rings (SSSR count). The summed E-state index contributed by atoms with van der Waals surface area (Å²) in [6.07, 6.45) is 5.10. The van der Waals surface area contributed by atoms with Crippen molar-refractivity contribution >= 4 is 17.1 Å². The van der Waals surface area contributed by atoms with Crippen LogP contribution in [-0.4, -0.2) is 57.8 Å². The van der Waals surface area contributed by atoms with Gasteiger partial charge in [-0.2, -0.15) is 5.10 Å². The zero-order chi connectivity index (χ0) is 23.9. The highest BCUT2D eigenvalue weighted by molar-refractivity contribution is 5.93. The summed E-state index contributed by atoms with van der Waals surface area (Å²) in [4.78, 5) is 23.2. The number of ether oxygens (including phenoxy) is 1. The minimum atomic E-state index is -0.432. The third kappa shape index (κ3) is 3.68. The van der Waals surface area contributed by atoms with E-state index in [1.807, 2.05) is 18.2 Å². The van der Waals surface area contributed by atoms with Crippen molar-refractivity contribution in [3.05, 3.63) is 59.4 Å². The third-order valence-corrected chi connectivity index (χ3v) is 7.05. The van der Waals surface area contributed by atoms with Crippen LogP contribution in [0.25, 0.3) is 33.5 Å². The summed E-state index contributed by atoms with van der Waals surface area (Å²) in [6.45, 7) is 1.90. The molecule has 1 unspecified atom stereocenters. The fraction of sp³-hybridized carbons (Fsp3) is 0.308. The molecule has 1 aliphatic carbocycles. The zero-order valence-electron chi connectivity index (χ0n) is 19.5. The highest BCUT2D eigenvalue weighted by atomic mass is 16.5. The molecule has 4 N–H and O–H groups in total. The fourth-order valence-electron chi connectivity index (χ4n) is 5.30. The zero-order valence-corrected chi connectivity index (χ0v) is 19.5. The second kappa shape index (κ2) is 8.66. The second-order valence-corrected chi connectivity index (χ2v) is 9.03. The number of rotatable bonds is 4. The average molecular weight is 470 g/mol. The number of hydrogen-bond acceptors (Lipinski definition) is 6. The Kier molecular flexibility index (Phi) is 5.33. The summed E-state index contributed by atoms with van der Waals surface area (Å²) in [5.74, 6) is 0.720. The summed E-state index contributed by atoms with van der Waals surface area (Å²) in [5.41, 5.74) is 14.2. The quantitative estimate of drug-likeness (QED) is 0.422. The minimum Gasteiger partial charge on any atom is -0.494 e. The summed E-state index contributed by atoms with van der Waals surface area (Å²) in [5, 5.41) is 11.0. The van der Waals surface area contributed by atoms with Gasteiger partial charge in [0.25, 0.3) is 0 Å². The maximum atomic E-state index is 11.9. The maximum Gasteiger partial charge on any atom is 0.315 e. The Labute approximate surface area is 202 Å². The van der Waals surface area contributed by atoms with Gasteiger partial charge in [0.05, 0.1) is 24.4 Å². The van der Waals surface area contributed by atoms with Gasteiger partial charge in [-0.3, -0.25) is 10.1 Å². The number of fused-ring (bicyclic) bond motifs is 2. The van der Waals surface area contributed by atoms with E-state index in [0.29, 0.717) is 13.1 Å². The van der Waals surface area contributed by atoms with E-state index < -0.39 is 6.03 Å². The van der Waals surface area contributed by atoms with Crippen LogP contribution in [0.3, 0.4) is 0 Å². The molecule has 2 amide bonds. The molecule has 1 fully saturated rings. The Morgan fingerprint density at radius 3 is 2.91 bits per heavy atom. The largest absolute Gasteiger partial charge is 0.494 e. The number of nitrogens with two attached hydrogens (primary N) is 1. The van der Waals surface area contributed by atoms with E-state index >= 15 is 0 Å². The molecule has 1 aliphatic heterocycles. The summed E-state index contributed by atoms with van der Waals surface area (Å²) < 4.78 is 5.72. The van der Waals surface area contributed by atoms with Crippen molar-refractivity contribution < 1.29 is 9.53 Å². The second-order valence-electron chi connectivity index (χ2n) is 9.03. The van der Waals surface area contributed by atoms with E-state index in [1.165, 1.54) is 11.1 Å². The first-order valence-corrected chi connectivity index (χ1v) is 11.9. The van der Waals surface area contributed by atoms with Gasteiger partial charge in [0.2, 0.25) is 0 Å². The van der Waals surface area contributed by atoms with Gasteiger partial charge in [0.15, 0.2) is 0 Å². The average Bonchev–Trinajstić information content (AvgIpc) is 3.55. The molecule has 9 heteroatoms. The van der Waals surface area contributed by atoms with Crippen LogP contribution in [0.15, 0.2) is 42.6 Å². The SMILES string of the molecule is COc1cc2[nH]nc(-c3ccc(C4CNCCN4C(N)=O)nc3)c2nc1-c1cccc2c1CCC2. The molecule has 1 atom stereocenters.